The van der Waals surface area contributed by atoms with Crippen molar-refractivity contribution in [3.63, 3.8) is 0 Å². The maximum Gasteiger partial charge on any atom is 0.211 e. The van der Waals surface area contributed by atoms with Crippen LogP contribution in [0, 0.1) is 0 Å². The third-order valence-corrected chi connectivity index (χ3v) is 8.44. The number of aromatic amines is 1. The summed E-state index contributed by atoms with van der Waals surface area (Å²) in [6.45, 7) is 5.07. The van der Waals surface area contributed by atoms with Gasteiger partial charge < -0.3 is 20.3 Å². The molecule has 0 radical (unpaired) electrons. The maximum absolute atomic E-state index is 12.3. The SMILES string of the molecule is CC1COCCN1c1cc(N2C3CCC2CN(S(C)(=O)=O)C3)c2c(N)nn(-c3ccn[nH]3)c2n1. The van der Waals surface area contributed by atoms with Gasteiger partial charge in [0.05, 0.1) is 42.8 Å². The average Bonchev–Trinajstić information content (AvgIpc) is 3.50. The maximum atomic E-state index is 12.3. The van der Waals surface area contributed by atoms with Gasteiger partial charge in [-0.15, -0.1) is 5.10 Å². The Morgan fingerprint density at radius 3 is 2.65 bits per heavy atom. The number of H-pyrrole nitrogens is 1. The average molecular weight is 488 g/mol. The van der Waals surface area contributed by atoms with E-state index in [1.54, 1.807) is 15.2 Å². The number of nitrogens with two attached hydrogens (primary N) is 1. The molecule has 34 heavy (non-hydrogen) atoms. The summed E-state index contributed by atoms with van der Waals surface area (Å²) >= 11 is 0. The molecule has 0 aromatic carbocycles. The van der Waals surface area contributed by atoms with Crippen LogP contribution in [-0.4, -0.2) is 94.9 Å². The summed E-state index contributed by atoms with van der Waals surface area (Å²) in [6.07, 6.45) is 4.81. The van der Waals surface area contributed by atoms with Crippen molar-refractivity contribution in [3.05, 3.63) is 18.3 Å². The van der Waals surface area contributed by atoms with Crippen LogP contribution in [0.3, 0.4) is 0 Å². The molecule has 6 heterocycles. The van der Waals surface area contributed by atoms with Crippen LogP contribution in [0.4, 0.5) is 17.3 Å². The second-order valence-corrected chi connectivity index (χ2v) is 11.4. The molecule has 0 aliphatic carbocycles. The lowest BCUT2D eigenvalue weighted by Crippen LogP contribution is -2.55. The van der Waals surface area contributed by atoms with E-state index in [-0.39, 0.29) is 18.1 Å². The number of nitrogens with one attached hydrogen (secondary N) is 1. The van der Waals surface area contributed by atoms with Crippen molar-refractivity contribution in [2.75, 3.05) is 54.6 Å². The Morgan fingerprint density at radius 2 is 2.00 bits per heavy atom. The lowest BCUT2D eigenvalue weighted by Gasteiger charge is -2.42. The lowest BCUT2D eigenvalue weighted by atomic mass is 10.1. The van der Waals surface area contributed by atoms with Crippen molar-refractivity contribution >= 4 is 38.4 Å². The minimum Gasteiger partial charge on any atom is -0.382 e. The standard InChI is InChI=1S/C21H29N9O3S/c1-13-12-33-8-7-28(13)18-9-16(29-14-3-4-15(29)11-27(10-14)34(2,31)32)19-20(22)26-30(21(19)24-18)17-5-6-23-25-17/h5-6,9,13-15H,3-4,7-8,10-12H2,1-2H3,(H2,22,26)(H,23,25). The van der Waals surface area contributed by atoms with E-state index in [4.69, 9.17) is 15.5 Å². The summed E-state index contributed by atoms with van der Waals surface area (Å²) < 4.78 is 33.5. The Labute approximate surface area is 197 Å². The van der Waals surface area contributed by atoms with E-state index in [1.807, 2.05) is 6.07 Å². The van der Waals surface area contributed by atoms with Gasteiger partial charge in [-0.25, -0.2) is 13.4 Å². The Kier molecular flexibility index (Phi) is 4.97. The molecule has 3 unspecified atom stereocenters. The number of nitrogens with zero attached hydrogens (tertiary/aromatic N) is 7. The van der Waals surface area contributed by atoms with E-state index in [9.17, 15) is 8.42 Å². The van der Waals surface area contributed by atoms with Crippen molar-refractivity contribution in [3.8, 4) is 5.82 Å². The van der Waals surface area contributed by atoms with Gasteiger partial charge in [-0.05, 0) is 19.8 Å². The van der Waals surface area contributed by atoms with Gasteiger partial charge in [-0.1, -0.05) is 0 Å². The fourth-order valence-corrected chi connectivity index (χ4v) is 6.48. The van der Waals surface area contributed by atoms with E-state index in [1.165, 1.54) is 6.26 Å². The number of fused-ring (bicyclic) bond motifs is 3. The summed E-state index contributed by atoms with van der Waals surface area (Å²) in [6, 6.07) is 4.24. The van der Waals surface area contributed by atoms with Crippen molar-refractivity contribution in [2.24, 2.45) is 0 Å². The number of ether oxygens (including phenoxy) is 1. The number of pyridine rings is 1. The Hall–Kier alpha value is -2.90. The molecule has 3 fully saturated rings. The van der Waals surface area contributed by atoms with E-state index in [0.717, 1.165) is 36.3 Å². The number of rotatable bonds is 4. The van der Waals surface area contributed by atoms with E-state index in [0.29, 0.717) is 43.6 Å². The van der Waals surface area contributed by atoms with Crippen LogP contribution < -0.4 is 15.5 Å². The molecule has 3 aromatic rings. The number of hydrogen-bond acceptors (Lipinski definition) is 9. The molecule has 6 rings (SSSR count). The molecule has 0 saturated carbocycles. The van der Waals surface area contributed by atoms with E-state index >= 15 is 0 Å². The second kappa shape index (κ2) is 7.82. The summed E-state index contributed by atoms with van der Waals surface area (Å²) in [5.41, 5.74) is 8.09. The van der Waals surface area contributed by atoms with Crippen molar-refractivity contribution < 1.29 is 13.2 Å². The highest BCUT2D eigenvalue weighted by molar-refractivity contribution is 7.88. The number of anilines is 3. The zero-order chi connectivity index (χ0) is 23.6. The van der Waals surface area contributed by atoms with Crippen LogP contribution in [0.2, 0.25) is 0 Å². The minimum absolute atomic E-state index is 0.0731. The number of sulfonamides is 1. The monoisotopic (exact) mass is 487 g/mol. The quantitative estimate of drug-likeness (QED) is 0.540. The molecule has 12 nitrogen and oxygen atoms in total. The molecular formula is C21H29N9O3S. The predicted octanol–water partition coefficient (Wildman–Crippen LogP) is 0.564. The smallest absolute Gasteiger partial charge is 0.211 e. The molecule has 3 atom stereocenters. The van der Waals surface area contributed by atoms with Crippen LogP contribution >= 0.6 is 0 Å². The first-order valence-electron chi connectivity index (χ1n) is 11.6. The Morgan fingerprint density at radius 1 is 1.24 bits per heavy atom. The molecule has 3 saturated heterocycles. The van der Waals surface area contributed by atoms with Crippen LogP contribution in [0.1, 0.15) is 19.8 Å². The first-order chi connectivity index (χ1) is 16.3. The highest BCUT2D eigenvalue weighted by Gasteiger charge is 2.44. The summed E-state index contributed by atoms with van der Waals surface area (Å²) in [4.78, 5) is 9.62. The van der Waals surface area contributed by atoms with Crippen LogP contribution in [-0.2, 0) is 14.8 Å². The topological polar surface area (TPSA) is 138 Å². The summed E-state index contributed by atoms with van der Waals surface area (Å²) in [5, 5.41) is 12.4. The molecule has 3 aliphatic rings. The third kappa shape index (κ3) is 3.41. The molecule has 3 aromatic heterocycles. The van der Waals surface area contributed by atoms with Gasteiger partial charge in [-0.3, -0.25) is 5.10 Å². The fourth-order valence-electron chi connectivity index (χ4n) is 5.59. The Bertz CT molecular complexity index is 1310. The van der Waals surface area contributed by atoms with Gasteiger partial charge in [0.2, 0.25) is 10.0 Å². The molecule has 182 valence electrons. The van der Waals surface area contributed by atoms with Crippen molar-refractivity contribution in [1.29, 1.82) is 0 Å². The number of hydrogen-bond donors (Lipinski definition) is 2. The third-order valence-electron chi connectivity index (χ3n) is 7.20. The van der Waals surface area contributed by atoms with Gasteiger partial charge in [0.15, 0.2) is 17.3 Å². The van der Waals surface area contributed by atoms with Gasteiger partial charge in [0, 0.05) is 43.9 Å². The zero-order valence-corrected chi connectivity index (χ0v) is 20.1. The number of aromatic nitrogens is 5. The Balaban J connectivity index is 1.52. The normalized spacial score (nSPS) is 26.0. The van der Waals surface area contributed by atoms with Gasteiger partial charge in [0.1, 0.15) is 5.82 Å². The minimum atomic E-state index is -3.25. The predicted molar refractivity (Wildman–Crippen MR) is 129 cm³/mol. The van der Waals surface area contributed by atoms with Gasteiger partial charge in [-0.2, -0.15) is 14.1 Å². The zero-order valence-electron chi connectivity index (χ0n) is 19.3. The number of nitrogen functional groups attached to an aromatic ring is 1. The van der Waals surface area contributed by atoms with Crippen molar-refractivity contribution in [2.45, 2.75) is 37.9 Å². The summed E-state index contributed by atoms with van der Waals surface area (Å²) in [5.74, 6) is 1.90. The largest absolute Gasteiger partial charge is 0.382 e. The molecule has 13 heteroatoms. The molecule has 3 N–H and O–H groups in total. The number of piperazine rings is 1. The second-order valence-electron chi connectivity index (χ2n) is 9.43. The van der Waals surface area contributed by atoms with E-state index < -0.39 is 10.0 Å². The van der Waals surface area contributed by atoms with Crippen molar-refractivity contribution in [1.82, 2.24) is 29.3 Å². The number of morpholine rings is 1. The molecule has 0 spiro atoms. The molecule has 3 aliphatic heterocycles. The van der Waals surface area contributed by atoms with Gasteiger partial charge in [0.25, 0.3) is 0 Å². The van der Waals surface area contributed by atoms with Crippen LogP contribution in [0.25, 0.3) is 16.9 Å². The van der Waals surface area contributed by atoms with Crippen LogP contribution in [0.5, 0.6) is 0 Å². The first kappa shape index (κ1) is 21.6. The van der Waals surface area contributed by atoms with Gasteiger partial charge >= 0.3 is 0 Å². The lowest BCUT2D eigenvalue weighted by molar-refractivity contribution is 0.0985. The van der Waals surface area contributed by atoms with Crippen LogP contribution in [0.15, 0.2) is 18.3 Å². The van der Waals surface area contributed by atoms with E-state index in [2.05, 4.69) is 38.1 Å². The first-order valence-corrected chi connectivity index (χ1v) is 13.4. The highest BCUT2D eigenvalue weighted by atomic mass is 32.2. The summed E-state index contributed by atoms with van der Waals surface area (Å²) in [7, 11) is -3.25. The molecule has 0 amide bonds. The fraction of sp³-hybridized carbons (Fsp3) is 0.571. The highest BCUT2D eigenvalue weighted by Crippen LogP contribution is 2.42. The molecule has 2 bridgehead atoms. The molecular weight excluding hydrogens is 458 g/mol.